The van der Waals surface area contributed by atoms with Gasteiger partial charge in [-0.2, -0.15) is 0 Å². The third kappa shape index (κ3) is 3.32. The van der Waals surface area contributed by atoms with Crippen molar-refractivity contribution in [2.24, 2.45) is 5.92 Å². The van der Waals surface area contributed by atoms with Crippen LogP contribution in [-0.4, -0.2) is 39.9 Å². The Morgan fingerprint density at radius 2 is 1.95 bits per heavy atom. The number of rotatable bonds is 6. The SMILES string of the molecule is CCN(CC1CCC1)c1cc(S(=O)(=O)N(C)C)ccc1N. The van der Waals surface area contributed by atoms with E-state index in [-0.39, 0.29) is 0 Å². The normalized spacial score (nSPS) is 16.0. The number of nitrogens with zero attached hydrogens (tertiary/aromatic N) is 2. The van der Waals surface area contributed by atoms with Gasteiger partial charge in [-0.25, -0.2) is 12.7 Å². The van der Waals surface area contributed by atoms with Crippen molar-refractivity contribution < 1.29 is 8.42 Å². The highest BCUT2D eigenvalue weighted by atomic mass is 32.2. The summed E-state index contributed by atoms with van der Waals surface area (Å²) in [5, 5.41) is 0. The van der Waals surface area contributed by atoms with Crippen molar-refractivity contribution in [3.05, 3.63) is 18.2 Å². The molecule has 0 unspecified atom stereocenters. The molecule has 1 fully saturated rings. The third-order valence-electron chi connectivity index (χ3n) is 4.21. The van der Waals surface area contributed by atoms with Crippen LogP contribution >= 0.6 is 0 Å². The van der Waals surface area contributed by atoms with Gasteiger partial charge in [0, 0.05) is 27.2 Å². The van der Waals surface area contributed by atoms with Crippen molar-refractivity contribution in [2.75, 3.05) is 37.8 Å². The molecule has 2 rings (SSSR count). The molecule has 5 nitrogen and oxygen atoms in total. The van der Waals surface area contributed by atoms with Crippen molar-refractivity contribution in [1.82, 2.24) is 4.31 Å². The number of nitrogen functional groups attached to an aromatic ring is 1. The summed E-state index contributed by atoms with van der Waals surface area (Å²) in [6, 6.07) is 4.97. The average Bonchev–Trinajstić information content (AvgIpc) is 2.38. The number of nitrogens with two attached hydrogens (primary N) is 1. The van der Waals surface area contributed by atoms with Crippen LogP contribution in [0.4, 0.5) is 11.4 Å². The van der Waals surface area contributed by atoms with E-state index in [2.05, 4.69) is 11.8 Å². The third-order valence-corrected chi connectivity index (χ3v) is 6.02. The fourth-order valence-corrected chi connectivity index (χ4v) is 3.48. The molecule has 0 aliphatic heterocycles. The summed E-state index contributed by atoms with van der Waals surface area (Å²) in [6.45, 7) is 3.85. The van der Waals surface area contributed by atoms with E-state index in [0.717, 1.165) is 18.8 Å². The first-order valence-corrected chi connectivity index (χ1v) is 8.87. The molecule has 0 radical (unpaired) electrons. The quantitative estimate of drug-likeness (QED) is 0.818. The highest BCUT2D eigenvalue weighted by Gasteiger charge is 2.23. The number of sulfonamides is 1. The van der Waals surface area contributed by atoms with E-state index in [0.29, 0.717) is 16.5 Å². The Morgan fingerprint density at radius 1 is 1.29 bits per heavy atom. The maximum atomic E-state index is 12.3. The van der Waals surface area contributed by atoms with Crippen LogP contribution < -0.4 is 10.6 Å². The first-order chi connectivity index (χ1) is 9.86. The Kier molecular flexibility index (Phi) is 4.78. The molecule has 21 heavy (non-hydrogen) atoms. The zero-order valence-electron chi connectivity index (χ0n) is 13.0. The number of benzene rings is 1. The van der Waals surface area contributed by atoms with Gasteiger partial charge in [0.15, 0.2) is 0 Å². The van der Waals surface area contributed by atoms with E-state index in [9.17, 15) is 8.42 Å². The van der Waals surface area contributed by atoms with E-state index in [4.69, 9.17) is 5.73 Å². The van der Waals surface area contributed by atoms with Gasteiger partial charge in [-0.15, -0.1) is 0 Å². The summed E-state index contributed by atoms with van der Waals surface area (Å²) >= 11 is 0. The van der Waals surface area contributed by atoms with Gasteiger partial charge in [0.05, 0.1) is 16.3 Å². The molecular weight excluding hydrogens is 286 g/mol. The van der Waals surface area contributed by atoms with Gasteiger partial charge in [0.2, 0.25) is 10.0 Å². The second-order valence-corrected chi connectivity index (χ2v) is 8.00. The van der Waals surface area contributed by atoms with Crippen LogP contribution in [0.25, 0.3) is 0 Å². The highest BCUT2D eigenvalue weighted by molar-refractivity contribution is 7.89. The molecular formula is C15H25N3O2S. The lowest BCUT2D eigenvalue weighted by Gasteiger charge is -2.34. The van der Waals surface area contributed by atoms with Crippen LogP contribution in [0.15, 0.2) is 23.1 Å². The number of anilines is 2. The Bertz CT molecular complexity index is 595. The molecule has 0 atom stereocenters. The van der Waals surface area contributed by atoms with Crippen LogP contribution in [0.2, 0.25) is 0 Å². The second kappa shape index (κ2) is 6.23. The van der Waals surface area contributed by atoms with Crippen molar-refractivity contribution in [3.8, 4) is 0 Å². The molecule has 1 aromatic carbocycles. The van der Waals surface area contributed by atoms with Crippen molar-refractivity contribution in [1.29, 1.82) is 0 Å². The zero-order valence-corrected chi connectivity index (χ0v) is 13.9. The van der Waals surface area contributed by atoms with Crippen LogP contribution in [-0.2, 0) is 10.0 Å². The monoisotopic (exact) mass is 311 g/mol. The minimum Gasteiger partial charge on any atom is -0.397 e. The smallest absolute Gasteiger partial charge is 0.242 e. The standard InChI is InChI=1S/C15H25N3O2S/c1-4-18(11-12-6-5-7-12)15-10-13(8-9-14(15)16)21(19,20)17(2)3/h8-10,12H,4-7,11,16H2,1-3H3. The molecule has 2 N–H and O–H groups in total. The number of hydrogen-bond acceptors (Lipinski definition) is 4. The summed E-state index contributed by atoms with van der Waals surface area (Å²) in [5.41, 5.74) is 7.53. The molecule has 0 saturated heterocycles. The Hall–Kier alpha value is -1.27. The van der Waals surface area contributed by atoms with Crippen LogP contribution in [0.1, 0.15) is 26.2 Å². The minimum absolute atomic E-state index is 0.295. The van der Waals surface area contributed by atoms with Gasteiger partial charge in [0.1, 0.15) is 0 Å². The Balaban J connectivity index is 2.33. The lowest BCUT2D eigenvalue weighted by Crippen LogP contribution is -2.33. The summed E-state index contributed by atoms with van der Waals surface area (Å²) < 4.78 is 25.8. The lowest BCUT2D eigenvalue weighted by atomic mass is 9.85. The van der Waals surface area contributed by atoms with Crippen molar-refractivity contribution >= 4 is 21.4 Å². The summed E-state index contributed by atoms with van der Waals surface area (Å²) in [5.74, 6) is 0.707. The molecule has 1 aromatic rings. The maximum absolute atomic E-state index is 12.3. The largest absolute Gasteiger partial charge is 0.397 e. The molecule has 0 aromatic heterocycles. The van der Waals surface area contributed by atoms with Gasteiger partial charge >= 0.3 is 0 Å². The maximum Gasteiger partial charge on any atom is 0.242 e. The second-order valence-electron chi connectivity index (χ2n) is 5.84. The fourth-order valence-electron chi connectivity index (χ4n) is 2.55. The predicted molar refractivity (Wildman–Crippen MR) is 87.0 cm³/mol. The molecule has 1 aliphatic rings. The molecule has 118 valence electrons. The van der Waals surface area contributed by atoms with Gasteiger partial charge in [0.25, 0.3) is 0 Å². The first kappa shape index (κ1) is 16.1. The molecule has 0 heterocycles. The van der Waals surface area contributed by atoms with Crippen LogP contribution in [0.3, 0.4) is 0 Å². The van der Waals surface area contributed by atoms with Crippen LogP contribution in [0, 0.1) is 5.92 Å². The Morgan fingerprint density at radius 3 is 2.43 bits per heavy atom. The van der Waals surface area contributed by atoms with Gasteiger partial charge < -0.3 is 10.6 Å². The highest BCUT2D eigenvalue weighted by Crippen LogP contribution is 2.32. The number of hydrogen-bond donors (Lipinski definition) is 1. The lowest BCUT2D eigenvalue weighted by molar-refractivity contribution is 0.318. The summed E-state index contributed by atoms with van der Waals surface area (Å²) in [6.07, 6.45) is 3.81. The van der Waals surface area contributed by atoms with E-state index in [1.54, 1.807) is 18.2 Å². The van der Waals surface area contributed by atoms with Gasteiger partial charge in [-0.1, -0.05) is 6.42 Å². The fraction of sp³-hybridized carbons (Fsp3) is 0.600. The van der Waals surface area contributed by atoms with Crippen molar-refractivity contribution in [2.45, 2.75) is 31.1 Å². The summed E-state index contributed by atoms with van der Waals surface area (Å²) in [7, 11) is -0.349. The van der Waals surface area contributed by atoms with Gasteiger partial charge in [-0.05, 0) is 43.9 Å². The molecule has 0 amide bonds. The molecule has 6 heteroatoms. The molecule has 0 spiro atoms. The van der Waals surface area contributed by atoms with E-state index in [1.165, 1.54) is 37.7 Å². The molecule has 1 aliphatic carbocycles. The molecule has 0 bridgehead atoms. The molecule has 1 saturated carbocycles. The van der Waals surface area contributed by atoms with Crippen LogP contribution in [0.5, 0.6) is 0 Å². The Labute approximate surface area is 127 Å². The van der Waals surface area contributed by atoms with E-state index in [1.807, 2.05) is 0 Å². The van der Waals surface area contributed by atoms with Crippen molar-refractivity contribution in [3.63, 3.8) is 0 Å². The summed E-state index contributed by atoms with van der Waals surface area (Å²) in [4.78, 5) is 2.48. The topological polar surface area (TPSA) is 66.6 Å². The zero-order chi connectivity index (χ0) is 15.6. The predicted octanol–water partition coefficient (Wildman–Crippen LogP) is 2.15. The minimum atomic E-state index is -3.43. The van der Waals surface area contributed by atoms with E-state index < -0.39 is 10.0 Å². The van der Waals surface area contributed by atoms with E-state index >= 15 is 0 Å². The first-order valence-electron chi connectivity index (χ1n) is 7.43. The average molecular weight is 311 g/mol. The van der Waals surface area contributed by atoms with Gasteiger partial charge in [-0.3, -0.25) is 0 Å².